The van der Waals surface area contributed by atoms with E-state index >= 15 is 0 Å². The van der Waals surface area contributed by atoms with Gasteiger partial charge in [0.05, 0.1) is 36.7 Å². The number of nitrogens with zero attached hydrogens (tertiary/aromatic N) is 4. The molecule has 3 heterocycles. The van der Waals surface area contributed by atoms with Gasteiger partial charge in [0.25, 0.3) is 0 Å². The summed E-state index contributed by atoms with van der Waals surface area (Å²) in [5, 5.41) is 9.70. The van der Waals surface area contributed by atoms with E-state index in [1.807, 2.05) is 36.7 Å². The van der Waals surface area contributed by atoms with Crippen molar-refractivity contribution >= 4 is 11.2 Å². The van der Waals surface area contributed by atoms with Gasteiger partial charge in [0.1, 0.15) is 5.52 Å². The first-order valence-corrected chi connectivity index (χ1v) is 9.43. The second-order valence-electron chi connectivity index (χ2n) is 7.24. The van der Waals surface area contributed by atoms with Crippen LogP contribution >= 0.6 is 0 Å². The van der Waals surface area contributed by atoms with E-state index in [1.165, 1.54) is 0 Å². The van der Waals surface area contributed by atoms with E-state index in [-0.39, 0.29) is 12.6 Å². The van der Waals surface area contributed by atoms with Gasteiger partial charge in [-0.25, -0.2) is 15.0 Å². The molecule has 6 nitrogen and oxygen atoms in total. The minimum Gasteiger partial charge on any atom is -0.480 e. The lowest BCUT2D eigenvalue weighted by molar-refractivity contribution is 0.227. The molecule has 0 saturated carbocycles. The average molecular weight is 368 g/mol. The molecule has 0 fully saturated rings. The predicted octanol–water partition coefficient (Wildman–Crippen LogP) is 4.19. The second kappa shape index (κ2) is 7.64. The fourth-order valence-electron chi connectivity index (χ4n) is 3.34. The normalized spacial score (nSPS) is 12.7. The fourth-order valence-corrected chi connectivity index (χ4v) is 3.34. The molecular formula is C21H28N4O2. The molecule has 0 aromatic carbocycles. The number of aryl methyl sites for hydroxylation is 2. The van der Waals surface area contributed by atoms with E-state index in [0.29, 0.717) is 11.8 Å². The van der Waals surface area contributed by atoms with E-state index in [1.54, 1.807) is 7.11 Å². The molecule has 0 bridgehead atoms. The summed E-state index contributed by atoms with van der Waals surface area (Å²) < 4.78 is 7.58. The highest BCUT2D eigenvalue weighted by Gasteiger charge is 2.20. The van der Waals surface area contributed by atoms with Gasteiger partial charge in [-0.15, -0.1) is 0 Å². The molecule has 3 aromatic heterocycles. The number of pyridine rings is 1. The quantitative estimate of drug-likeness (QED) is 0.706. The van der Waals surface area contributed by atoms with E-state index in [9.17, 15) is 5.11 Å². The molecule has 0 aliphatic heterocycles. The van der Waals surface area contributed by atoms with E-state index in [4.69, 9.17) is 14.7 Å². The van der Waals surface area contributed by atoms with Gasteiger partial charge in [-0.3, -0.25) is 0 Å². The Labute approximate surface area is 160 Å². The first kappa shape index (κ1) is 19.3. The van der Waals surface area contributed by atoms with Crippen LogP contribution in [0.25, 0.3) is 22.4 Å². The van der Waals surface area contributed by atoms with Crippen LogP contribution < -0.4 is 4.74 Å². The van der Waals surface area contributed by atoms with Gasteiger partial charge >= 0.3 is 0 Å². The summed E-state index contributed by atoms with van der Waals surface area (Å²) in [7, 11) is 1.63. The lowest BCUT2D eigenvalue weighted by Gasteiger charge is -2.16. The number of hydrogen-bond donors (Lipinski definition) is 1. The Balaban J connectivity index is 2.20. The number of aromatic nitrogens is 4. The molecule has 0 spiro atoms. The molecule has 3 aromatic rings. The van der Waals surface area contributed by atoms with Crippen molar-refractivity contribution in [2.75, 3.05) is 13.7 Å². The molecule has 3 rings (SSSR count). The number of aliphatic hydroxyl groups is 1. The van der Waals surface area contributed by atoms with Crippen molar-refractivity contribution in [1.29, 1.82) is 0 Å². The van der Waals surface area contributed by atoms with Crippen molar-refractivity contribution in [3.05, 3.63) is 35.3 Å². The molecule has 144 valence electrons. The summed E-state index contributed by atoms with van der Waals surface area (Å²) in [5.41, 5.74) is 6.11. The van der Waals surface area contributed by atoms with Crippen molar-refractivity contribution in [2.45, 2.75) is 53.0 Å². The lowest BCUT2D eigenvalue weighted by atomic mass is 10.1. The molecule has 0 aliphatic rings. The van der Waals surface area contributed by atoms with Gasteiger partial charge in [-0.2, -0.15) is 0 Å². The van der Waals surface area contributed by atoms with Crippen molar-refractivity contribution in [1.82, 2.24) is 19.5 Å². The summed E-state index contributed by atoms with van der Waals surface area (Å²) in [6.45, 7) is 10.3. The van der Waals surface area contributed by atoms with Crippen LogP contribution in [0.15, 0.2) is 18.3 Å². The SMILES string of the molecule is CCC(CO)n1cc(C)c2nc(-c3ccc(C(C)C)nc3OC)c(C)nc21. The maximum absolute atomic E-state index is 9.70. The maximum Gasteiger partial charge on any atom is 0.222 e. The first-order chi connectivity index (χ1) is 12.9. The minimum absolute atomic E-state index is 0.00211. The van der Waals surface area contributed by atoms with Crippen LogP contribution in [-0.4, -0.2) is 38.3 Å². The number of aliphatic hydroxyl groups excluding tert-OH is 1. The highest BCUT2D eigenvalue weighted by atomic mass is 16.5. The summed E-state index contributed by atoms with van der Waals surface area (Å²) in [4.78, 5) is 14.4. The summed E-state index contributed by atoms with van der Waals surface area (Å²) in [6.07, 6.45) is 2.85. The van der Waals surface area contributed by atoms with Crippen molar-refractivity contribution in [3.8, 4) is 17.1 Å². The Morgan fingerprint density at radius 3 is 2.48 bits per heavy atom. The van der Waals surface area contributed by atoms with Gasteiger partial charge < -0.3 is 14.4 Å². The minimum atomic E-state index is 0.00211. The summed E-state index contributed by atoms with van der Waals surface area (Å²) >= 11 is 0. The van der Waals surface area contributed by atoms with Crippen molar-refractivity contribution in [2.24, 2.45) is 0 Å². The molecule has 0 amide bonds. The molecule has 0 aliphatic carbocycles. The predicted molar refractivity (Wildman–Crippen MR) is 107 cm³/mol. The topological polar surface area (TPSA) is 73.1 Å². The van der Waals surface area contributed by atoms with E-state index in [0.717, 1.165) is 45.8 Å². The highest BCUT2D eigenvalue weighted by molar-refractivity contribution is 5.80. The van der Waals surface area contributed by atoms with E-state index in [2.05, 4.69) is 25.8 Å². The molecule has 1 unspecified atom stereocenters. The third kappa shape index (κ3) is 3.41. The monoisotopic (exact) mass is 368 g/mol. The summed E-state index contributed by atoms with van der Waals surface area (Å²) in [6, 6.07) is 4.03. The van der Waals surface area contributed by atoms with Crippen LogP contribution in [0.5, 0.6) is 5.88 Å². The summed E-state index contributed by atoms with van der Waals surface area (Å²) in [5.74, 6) is 0.889. The Bertz CT molecular complexity index is 958. The van der Waals surface area contributed by atoms with Gasteiger partial charge in [-0.05, 0) is 43.9 Å². The Morgan fingerprint density at radius 1 is 1.15 bits per heavy atom. The zero-order valence-electron chi connectivity index (χ0n) is 16.9. The van der Waals surface area contributed by atoms with Crippen LogP contribution in [0.3, 0.4) is 0 Å². The van der Waals surface area contributed by atoms with Crippen LogP contribution in [0, 0.1) is 13.8 Å². The standard InChI is InChI=1S/C21H28N4O2/c1-7-15(11-26)25-10-13(4)18-20(25)22-14(5)19(24-18)16-8-9-17(12(2)3)23-21(16)27-6/h8-10,12,15,26H,7,11H2,1-6H3. The number of hydrogen-bond acceptors (Lipinski definition) is 5. The van der Waals surface area contributed by atoms with Crippen LogP contribution in [0.2, 0.25) is 0 Å². The molecule has 27 heavy (non-hydrogen) atoms. The molecule has 0 radical (unpaired) electrons. The smallest absolute Gasteiger partial charge is 0.222 e. The zero-order chi connectivity index (χ0) is 19.7. The largest absolute Gasteiger partial charge is 0.480 e. The van der Waals surface area contributed by atoms with Crippen LogP contribution in [0.4, 0.5) is 0 Å². The molecule has 1 N–H and O–H groups in total. The lowest BCUT2D eigenvalue weighted by Crippen LogP contribution is -2.12. The number of methoxy groups -OCH3 is 1. The maximum atomic E-state index is 9.70. The van der Waals surface area contributed by atoms with Gasteiger partial charge in [0.15, 0.2) is 5.65 Å². The third-order valence-corrected chi connectivity index (χ3v) is 5.00. The van der Waals surface area contributed by atoms with Gasteiger partial charge in [0.2, 0.25) is 5.88 Å². The number of fused-ring (bicyclic) bond motifs is 1. The van der Waals surface area contributed by atoms with E-state index < -0.39 is 0 Å². The molecule has 0 saturated heterocycles. The van der Waals surface area contributed by atoms with Crippen molar-refractivity contribution in [3.63, 3.8) is 0 Å². The molecule has 6 heteroatoms. The van der Waals surface area contributed by atoms with Gasteiger partial charge in [0, 0.05) is 11.9 Å². The zero-order valence-corrected chi connectivity index (χ0v) is 16.9. The Kier molecular flexibility index (Phi) is 5.46. The Morgan fingerprint density at radius 2 is 1.89 bits per heavy atom. The average Bonchev–Trinajstić information content (AvgIpc) is 2.97. The second-order valence-corrected chi connectivity index (χ2v) is 7.24. The highest BCUT2D eigenvalue weighted by Crippen LogP contribution is 2.33. The third-order valence-electron chi connectivity index (χ3n) is 5.00. The Hall–Kier alpha value is -2.47. The molecule has 1 atom stereocenters. The van der Waals surface area contributed by atoms with Crippen LogP contribution in [-0.2, 0) is 0 Å². The fraction of sp³-hybridized carbons (Fsp3) is 0.476. The number of rotatable bonds is 6. The van der Waals surface area contributed by atoms with Crippen molar-refractivity contribution < 1.29 is 9.84 Å². The first-order valence-electron chi connectivity index (χ1n) is 9.43. The van der Waals surface area contributed by atoms with Gasteiger partial charge in [-0.1, -0.05) is 20.8 Å². The number of ether oxygens (including phenoxy) is 1. The molecular weight excluding hydrogens is 340 g/mol. The van der Waals surface area contributed by atoms with Crippen LogP contribution in [0.1, 0.15) is 56.1 Å².